The van der Waals surface area contributed by atoms with E-state index >= 15 is 0 Å². The molecule has 0 unspecified atom stereocenters. The van der Waals surface area contributed by atoms with E-state index in [0.717, 1.165) is 6.26 Å². The molecule has 0 bridgehead atoms. The van der Waals surface area contributed by atoms with Crippen molar-refractivity contribution in [2.45, 2.75) is 32.0 Å². The second-order valence-electron chi connectivity index (χ2n) is 3.27. The highest BCUT2D eigenvalue weighted by Gasteiger charge is 2.19. The molecular formula is C7H13N3O2S. The number of hydrogen-bond donors (Lipinski definition) is 0. The molecule has 0 amide bonds. The maximum atomic E-state index is 11.2. The molecular weight excluding hydrogens is 190 g/mol. The van der Waals surface area contributed by atoms with Crippen LogP contribution in [0.1, 0.15) is 25.7 Å². The summed E-state index contributed by atoms with van der Waals surface area (Å²) in [6.07, 6.45) is 1.13. The zero-order valence-electron chi connectivity index (χ0n) is 8.14. The van der Waals surface area contributed by atoms with Gasteiger partial charge in [-0.2, -0.15) is 0 Å². The standard InChI is InChI=1S/C7H13N3O2S/c1-5(2)10-6(3)8-9-7(10)13(4,11)12/h5H,1-4H3. The van der Waals surface area contributed by atoms with Gasteiger partial charge in [0.2, 0.25) is 15.0 Å². The van der Waals surface area contributed by atoms with E-state index in [1.54, 1.807) is 11.5 Å². The number of aromatic nitrogens is 3. The molecule has 6 heteroatoms. The lowest BCUT2D eigenvalue weighted by molar-refractivity contribution is 0.513. The molecule has 0 aromatic carbocycles. The van der Waals surface area contributed by atoms with Gasteiger partial charge in [-0.05, 0) is 20.8 Å². The summed E-state index contributed by atoms with van der Waals surface area (Å²) in [4.78, 5) is 0. The van der Waals surface area contributed by atoms with Crippen molar-refractivity contribution < 1.29 is 8.42 Å². The summed E-state index contributed by atoms with van der Waals surface area (Å²) in [5.74, 6) is 0.621. The van der Waals surface area contributed by atoms with Crippen molar-refractivity contribution in [1.29, 1.82) is 0 Å². The summed E-state index contributed by atoms with van der Waals surface area (Å²) in [5.41, 5.74) is 0. The van der Waals surface area contributed by atoms with E-state index in [9.17, 15) is 8.42 Å². The summed E-state index contributed by atoms with van der Waals surface area (Å²) in [5, 5.41) is 7.41. The highest BCUT2D eigenvalue weighted by atomic mass is 32.2. The van der Waals surface area contributed by atoms with E-state index in [1.807, 2.05) is 13.8 Å². The molecule has 0 fully saturated rings. The Labute approximate surface area is 77.7 Å². The molecule has 74 valence electrons. The molecule has 1 aromatic rings. The summed E-state index contributed by atoms with van der Waals surface area (Å²) in [7, 11) is -3.27. The average molecular weight is 203 g/mol. The quantitative estimate of drug-likeness (QED) is 0.705. The van der Waals surface area contributed by atoms with Crippen molar-refractivity contribution in [2.24, 2.45) is 0 Å². The zero-order valence-corrected chi connectivity index (χ0v) is 8.96. The predicted octanol–water partition coefficient (Wildman–Crippen LogP) is 0.571. The highest BCUT2D eigenvalue weighted by molar-refractivity contribution is 7.90. The van der Waals surface area contributed by atoms with Gasteiger partial charge in [-0.3, -0.25) is 4.57 Å². The van der Waals surface area contributed by atoms with Crippen molar-refractivity contribution in [3.63, 3.8) is 0 Å². The Morgan fingerprint density at radius 2 is 1.85 bits per heavy atom. The van der Waals surface area contributed by atoms with Crippen LogP contribution in [0.25, 0.3) is 0 Å². The third-order valence-electron chi connectivity index (χ3n) is 1.68. The van der Waals surface area contributed by atoms with Crippen LogP contribution in [0.3, 0.4) is 0 Å². The minimum absolute atomic E-state index is 0.0417. The molecule has 0 spiro atoms. The Balaban J connectivity index is 3.40. The molecule has 5 nitrogen and oxygen atoms in total. The first-order chi connectivity index (χ1) is 5.84. The van der Waals surface area contributed by atoms with E-state index in [2.05, 4.69) is 10.2 Å². The predicted molar refractivity (Wildman–Crippen MR) is 48.3 cm³/mol. The van der Waals surface area contributed by atoms with Gasteiger partial charge in [-0.25, -0.2) is 8.42 Å². The van der Waals surface area contributed by atoms with E-state index in [-0.39, 0.29) is 11.2 Å². The Hall–Kier alpha value is -0.910. The van der Waals surface area contributed by atoms with Crippen LogP contribution >= 0.6 is 0 Å². The molecule has 0 saturated heterocycles. The first-order valence-corrected chi connectivity index (χ1v) is 5.84. The number of rotatable bonds is 2. The molecule has 0 radical (unpaired) electrons. The zero-order chi connectivity index (χ0) is 10.2. The van der Waals surface area contributed by atoms with Crippen LogP contribution in [0.5, 0.6) is 0 Å². The SMILES string of the molecule is Cc1nnc(S(C)(=O)=O)n1C(C)C. The van der Waals surface area contributed by atoms with Gasteiger partial charge in [0.05, 0.1) is 0 Å². The van der Waals surface area contributed by atoms with Crippen LogP contribution in [0.4, 0.5) is 0 Å². The molecule has 0 aliphatic heterocycles. The Bertz CT molecular complexity index is 405. The second-order valence-corrected chi connectivity index (χ2v) is 5.18. The molecule has 1 aromatic heterocycles. The molecule has 1 heterocycles. The molecule has 0 aliphatic carbocycles. The monoisotopic (exact) mass is 203 g/mol. The minimum atomic E-state index is -3.27. The molecule has 0 N–H and O–H groups in total. The number of sulfone groups is 1. The third-order valence-corrected chi connectivity index (χ3v) is 2.62. The Morgan fingerprint density at radius 3 is 2.15 bits per heavy atom. The Kier molecular flexibility index (Phi) is 2.42. The number of hydrogen-bond acceptors (Lipinski definition) is 4. The highest BCUT2D eigenvalue weighted by Crippen LogP contribution is 2.14. The topological polar surface area (TPSA) is 64.8 Å². The molecule has 0 aliphatic rings. The van der Waals surface area contributed by atoms with Crippen LogP contribution < -0.4 is 0 Å². The Morgan fingerprint density at radius 1 is 1.31 bits per heavy atom. The normalized spacial score (nSPS) is 12.4. The van der Waals surface area contributed by atoms with Gasteiger partial charge >= 0.3 is 0 Å². The lowest BCUT2D eigenvalue weighted by atomic mass is 10.4. The van der Waals surface area contributed by atoms with Gasteiger partial charge in [-0.1, -0.05) is 0 Å². The maximum Gasteiger partial charge on any atom is 0.249 e. The lowest BCUT2D eigenvalue weighted by Gasteiger charge is -2.10. The third kappa shape index (κ3) is 1.88. The summed E-state index contributed by atoms with van der Waals surface area (Å²) < 4.78 is 24.1. The maximum absolute atomic E-state index is 11.2. The summed E-state index contributed by atoms with van der Waals surface area (Å²) in [6, 6.07) is 0.0553. The fourth-order valence-electron chi connectivity index (χ4n) is 1.20. The van der Waals surface area contributed by atoms with Crippen LogP contribution in [0, 0.1) is 6.92 Å². The van der Waals surface area contributed by atoms with Crippen LogP contribution in [-0.4, -0.2) is 29.4 Å². The number of nitrogens with zero attached hydrogens (tertiary/aromatic N) is 3. The summed E-state index contributed by atoms with van der Waals surface area (Å²) >= 11 is 0. The molecule has 1 rings (SSSR count). The van der Waals surface area contributed by atoms with Crippen LogP contribution in [0.15, 0.2) is 5.16 Å². The largest absolute Gasteiger partial charge is 0.300 e. The fourth-order valence-corrected chi connectivity index (χ4v) is 2.09. The van der Waals surface area contributed by atoms with Gasteiger partial charge in [0, 0.05) is 12.3 Å². The van der Waals surface area contributed by atoms with Gasteiger partial charge in [-0.15, -0.1) is 10.2 Å². The first-order valence-electron chi connectivity index (χ1n) is 3.95. The van der Waals surface area contributed by atoms with Crippen molar-refractivity contribution in [3.8, 4) is 0 Å². The smallest absolute Gasteiger partial charge is 0.249 e. The van der Waals surface area contributed by atoms with Crippen molar-refractivity contribution >= 4 is 9.84 Å². The number of aryl methyl sites for hydroxylation is 1. The first kappa shape index (κ1) is 10.2. The lowest BCUT2D eigenvalue weighted by Crippen LogP contribution is -2.12. The molecule has 13 heavy (non-hydrogen) atoms. The second kappa shape index (κ2) is 3.10. The van der Waals surface area contributed by atoms with Gasteiger partial charge in [0.15, 0.2) is 0 Å². The minimum Gasteiger partial charge on any atom is -0.300 e. The van der Waals surface area contributed by atoms with Crippen molar-refractivity contribution in [2.75, 3.05) is 6.26 Å². The van der Waals surface area contributed by atoms with Crippen molar-refractivity contribution in [3.05, 3.63) is 5.82 Å². The van der Waals surface area contributed by atoms with Crippen LogP contribution in [-0.2, 0) is 9.84 Å². The van der Waals surface area contributed by atoms with Crippen molar-refractivity contribution in [1.82, 2.24) is 14.8 Å². The average Bonchev–Trinajstić information content (AvgIpc) is 2.28. The van der Waals surface area contributed by atoms with E-state index in [4.69, 9.17) is 0 Å². The van der Waals surface area contributed by atoms with E-state index < -0.39 is 9.84 Å². The van der Waals surface area contributed by atoms with Crippen LogP contribution in [0.2, 0.25) is 0 Å². The summed E-state index contributed by atoms with van der Waals surface area (Å²) in [6.45, 7) is 5.53. The fraction of sp³-hybridized carbons (Fsp3) is 0.714. The molecule has 0 atom stereocenters. The van der Waals surface area contributed by atoms with Gasteiger partial charge in [0.1, 0.15) is 5.82 Å². The van der Waals surface area contributed by atoms with E-state index in [1.165, 1.54) is 0 Å². The van der Waals surface area contributed by atoms with E-state index in [0.29, 0.717) is 5.82 Å². The van der Waals surface area contributed by atoms with Gasteiger partial charge in [0.25, 0.3) is 0 Å². The van der Waals surface area contributed by atoms with Gasteiger partial charge < -0.3 is 0 Å². The molecule has 0 saturated carbocycles.